The summed E-state index contributed by atoms with van der Waals surface area (Å²) < 4.78 is 11.3. The maximum Gasteiger partial charge on any atom is 0.330 e. The summed E-state index contributed by atoms with van der Waals surface area (Å²) in [6.45, 7) is 6.53. The van der Waals surface area contributed by atoms with Crippen molar-refractivity contribution in [2.24, 2.45) is 5.92 Å². The molecular formula is C15H24O3. The lowest BCUT2D eigenvalue weighted by Crippen LogP contribution is -2.47. The molecule has 3 heteroatoms. The van der Waals surface area contributed by atoms with Crippen LogP contribution in [0.1, 0.15) is 51.9 Å². The van der Waals surface area contributed by atoms with Gasteiger partial charge in [-0.3, -0.25) is 0 Å². The highest BCUT2D eigenvalue weighted by atomic mass is 16.6. The van der Waals surface area contributed by atoms with Gasteiger partial charge in [0, 0.05) is 12.0 Å². The van der Waals surface area contributed by atoms with Crippen molar-refractivity contribution >= 4 is 5.97 Å². The van der Waals surface area contributed by atoms with E-state index in [4.69, 9.17) is 9.47 Å². The molecular weight excluding hydrogens is 228 g/mol. The van der Waals surface area contributed by atoms with Crippen molar-refractivity contribution in [2.75, 3.05) is 6.61 Å². The number of unbranched alkanes of at least 4 members (excludes halogenated alkanes) is 1. The van der Waals surface area contributed by atoms with Crippen LogP contribution in [-0.4, -0.2) is 24.3 Å². The van der Waals surface area contributed by atoms with E-state index in [1.54, 1.807) is 0 Å². The molecule has 2 fully saturated rings. The molecule has 2 aliphatic rings. The van der Waals surface area contributed by atoms with Gasteiger partial charge in [-0.1, -0.05) is 26.3 Å². The minimum absolute atomic E-state index is 0.279. The molecule has 1 aliphatic carbocycles. The maximum atomic E-state index is 11.7. The molecule has 1 aliphatic heterocycles. The summed E-state index contributed by atoms with van der Waals surface area (Å²) >= 11 is 0. The first kappa shape index (κ1) is 13.6. The second kappa shape index (κ2) is 5.87. The van der Waals surface area contributed by atoms with Crippen molar-refractivity contribution in [1.82, 2.24) is 0 Å². The lowest BCUT2D eigenvalue weighted by atomic mass is 9.71. The number of carbonyl (C=O) groups excluding carboxylic acids is 1. The first-order valence-electron chi connectivity index (χ1n) is 7.19. The highest BCUT2D eigenvalue weighted by Crippen LogP contribution is 2.46. The van der Waals surface area contributed by atoms with Gasteiger partial charge in [-0.25, -0.2) is 4.79 Å². The van der Waals surface area contributed by atoms with E-state index < -0.39 is 0 Å². The highest BCUT2D eigenvalue weighted by Gasteiger charge is 2.50. The smallest absolute Gasteiger partial charge is 0.330 e. The Morgan fingerprint density at radius 3 is 2.94 bits per heavy atom. The summed E-state index contributed by atoms with van der Waals surface area (Å²) in [5.41, 5.74) is -0.291. The van der Waals surface area contributed by atoms with Crippen molar-refractivity contribution in [2.45, 2.75) is 63.6 Å². The average Bonchev–Trinajstić information content (AvgIpc) is 3.21. The lowest BCUT2D eigenvalue weighted by molar-refractivity contribution is -0.167. The summed E-state index contributed by atoms with van der Waals surface area (Å²) in [5.74, 6) is 0.111. The number of carbonyl (C=O) groups is 1. The zero-order valence-corrected chi connectivity index (χ0v) is 11.3. The topological polar surface area (TPSA) is 38.8 Å². The van der Waals surface area contributed by atoms with E-state index in [2.05, 4.69) is 13.5 Å². The molecule has 18 heavy (non-hydrogen) atoms. The van der Waals surface area contributed by atoms with Crippen LogP contribution in [0.4, 0.5) is 0 Å². The third-order valence-corrected chi connectivity index (χ3v) is 4.27. The summed E-state index contributed by atoms with van der Waals surface area (Å²) in [6.07, 6.45) is 9.29. The molecule has 1 heterocycles. The predicted octanol–water partition coefficient (Wildman–Crippen LogP) is 3.23. The summed E-state index contributed by atoms with van der Waals surface area (Å²) in [5, 5.41) is 0. The second-order valence-corrected chi connectivity index (χ2v) is 5.52. The molecule has 0 radical (unpaired) electrons. The minimum atomic E-state index is -0.291. The zero-order chi connectivity index (χ0) is 13.0. The average molecular weight is 252 g/mol. The third-order valence-electron chi connectivity index (χ3n) is 4.27. The van der Waals surface area contributed by atoms with Crippen LogP contribution >= 0.6 is 0 Å². The number of hydrogen-bond acceptors (Lipinski definition) is 3. The van der Waals surface area contributed by atoms with Gasteiger partial charge in [0.1, 0.15) is 5.60 Å². The van der Waals surface area contributed by atoms with E-state index in [0.717, 1.165) is 45.1 Å². The van der Waals surface area contributed by atoms with Crippen molar-refractivity contribution in [3.05, 3.63) is 12.7 Å². The second-order valence-electron chi connectivity index (χ2n) is 5.52. The van der Waals surface area contributed by atoms with Gasteiger partial charge in [0.2, 0.25) is 0 Å². The molecule has 3 nitrogen and oxygen atoms in total. The first-order valence-corrected chi connectivity index (χ1v) is 7.19. The van der Waals surface area contributed by atoms with Crippen LogP contribution in [-0.2, 0) is 14.3 Å². The molecule has 1 saturated carbocycles. The quantitative estimate of drug-likeness (QED) is 0.414. The molecule has 0 aromatic rings. The van der Waals surface area contributed by atoms with E-state index in [9.17, 15) is 4.79 Å². The van der Waals surface area contributed by atoms with Crippen molar-refractivity contribution < 1.29 is 14.3 Å². The van der Waals surface area contributed by atoms with E-state index in [1.807, 2.05) is 0 Å². The van der Waals surface area contributed by atoms with Gasteiger partial charge >= 0.3 is 5.97 Å². The van der Waals surface area contributed by atoms with Crippen LogP contribution in [0.25, 0.3) is 0 Å². The molecule has 3 atom stereocenters. The molecule has 0 bridgehead atoms. The van der Waals surface area contributed by atoms with E-state index in [1.165, 1.54) is 12.5 Å². The van der Waals surface area contributed by atoms with Gasteiger partial charge in [-0.15, -0.1) is 0 Å². The molecule has 0 aromatic carbocycles. The molecule has 2 rings (SSSR count). The van der Waals surface area contributed by atoms with E-state index >= 15 is 0 Å². The fraction of sp³-hybridized carbons (Fsp3) is 0.800. The van der Waals surface area contributed by atoms with Crippen LogP contribution in [0.5, 0.6) is 0 Å². The minimum Gasteiger partial charge on any atom is -0.456 e. The number of epoxide rings is 1. The van der Waals surface area contributed by atoms with Crippen LogP contribution in [0.2, 0.25) is 0 Å². The Labute approximate surface area is 110 Å². The standard InChI is InChI=1S/C15H24O3/c1-3-5-9-15(18-14(16)4-2)10-7-6-8-12(15)13-11-17-13/h4,12-13H,2-3,5-11H2,1H3. The van der Waals surface area contributed by atoms with E-state index in [-0.39, 0.29) is 11.6 Å². The number of ether oxygens (including phenoxy) is 2. The van der Waals surface area contributed by atoms with E-state index in [0.29, 0.717) is 12.0 Å². The Balaban J connectivity index is 2.13. The Kier molecular flexibility index (Phi) is 4.44. The molecule has 3 unspecified atom stereocenters. The molecule has 0 amide bonds. The van der Waals surface area contributed by atoms with Gasteiger partial charge in [0.25, 0.3) is 0 Å². The molecule has 0 N–H and O–H groups in total. The van der Waals surface area contributed by atoms with Crippen molar-refractivity contribution in [3.63, 3.8) is 0 Å². The monoisotopic (exact) mass is 252 g/mol. The Bertz CT molecular complexity index is 309. The number of rotatable bonds is 6. The summed E-state index contributed by atoms with van der Waals surface area (Å²) in [7, 11) is 0. The van der Waals surface area contributed by atoms with Gasteiger partial charge in [0.15, 0.2) is 0 Å². The van der Waals surface area contributed by atoms with Gasteiger partial charge < -0.3 is 9.47 Å². The zero-order valence-electron chi connectivity index (χ0n) is 11.3. The highest BCUT2D eigenvalue weighted by molar-refractivity contribution is 5.81. The molecule has 0 aromatic heterocycles. The number of esters is 1. The normalized spacial score (nSPS) is 34.9. The molecule has 0 spiro atoms. The number of hydrogen-bond donors (Lipinski definition) is 0. The third kappa shape index (κ3) is 2.94. The largest absolute Gasteiger partial charge is 0.456 e. The van der Waals surface area contributed by atoms with Gasteiger partial charge in [-0.05, 0) is 32.1 Å². The Morgan fingerprint density at radius 1 is 1.56 bits per heavy atom. The fourth-order valence-electron chi connectivity index (χ4n) is 3.26. The molecule has 1 saturated heterocycles. The molecule has 102 valence electrons. The van der Waals surface area contributed by atoms with Crippen LogP contribution in [0.3, 0.4) is 0 Å². The first-order chi connectivity index (χ1) is 8.72. The van der Waals surface area contributed by atoms with Crippen molar-refractivity contribution in [1.29, 1.82) is 0 Å². The maximum absolute atomic E-state index is 11.7. The van der Waals surface area contributed by atoms with Crippen molar-refractivity contribution in [3.8, 4) is 0 Å². The van der Waals surface area contributed by atoms with Gasteiger partial charge in [0.05, 0.1) is 12.7 Å². The lowest BCUT2D eigenvalue weighted by Gasteiger charge is -2.43. The SMILES string of the molecule is C=CC(=O)OC1(CCCC)CCCCC1C1CO1. The fourth-order valence-corrected chi connectivity index (χ4v) is 3.26. The predicted molar refractivity (Wildman–Crippen MR) is 70.2 cm³/mol. The van der Waals surface area contributed by atoms with Crippen LogP contribution < -0.4 is 0 Å². The summed E-state index contributed by atoms with van der Waals surface area (Å²) in [6, 6.07) is 0. The Morgan fingerprint density at radius 2 is 2.33 bits per heavy atom. The van der Waals surface area contributed by atoms with Gasteiger partial charge in [-0.2, -0.15) is 0 Å². The van der Waals surface area contributed by atoms with Crippen LogP contribution in [0.15, 0.2) is 12.7 Å². The summed E-state index contributed by atoms with van der Waals surface area (Å²) in [4.78, 5) is 11.7. The Hall–Kier alpha value is -0.830. The van der Waals surface area contributed by atoms with Crippen LogP contribution in [0, 0.1) is 5.92 Å².